The molecule has 3 atom stereocenters. The number of alkyl halides is 3. The number of hydrogen-bond donors (Lipinski definition) is 1. The van der Waals surface area contributed by atoms with Gasteiger partial charge in [-0.3, -0.25) is 0 Å². The zero-order chi connectivity index (χ0) is 21.9. The van der Waals surface area contributed by atoms with Crippen LogP contribution in [0.3, 0.4) is 0 Å². The van der Waals surface area contributed by atoms with E-state index in [1.165, 1.54) is 0 Å². The second kappa shape index (κ2) is 8.98. The summed E-state index contributed by atoms with van der Waals surface area (Å²) < 4.78 is 69.9. The molecule has 2 aromatic carbocycles. The highest BCUT2D eigenvalue weighted by molar-refractivity contribution is 7.89. The van der Waals surface area contributed by atoms with Crippen LogP contribution in [0.1, 0.15) is 49.8 Å². The molecule has 30 heavy (non-hydrogen) atoms. The molecular formula is C22H26F3NO3S. The molecule has 3 rings (SSSR count). The monoisotopic (exact) mass is 441 g/mol. The lowest BCUT2D eigenvalue weighted by Crippen LogP contribution is -2.35. The molecule has 0 saturated heterocycles. The van der Waals surface area contributed by atoms with Gasteiger partial charge in [0.2, 0.25) is 10.0 Å². The molecule has 0 aliphatic heterocycles. The molecule has 0 spiro atoms. The lowest BCUT2D eigenvalue weighted by atomic mass is 9.76. The topological polar surface area (TPSA) is 55.4 Å². The highest BCUT2D eigenvalue weighted by Crippen LogP contribution is 2.39. The molecule has 2 unspecified atom stereocenters. The van der Waals surface area contributed by atoms with Crippen molar-refractivity contribution in [2.75, 3.05) is 0 Å². The van der Waals surface area contributed by atoms with Crippen molar-refractivity contribution >= 4 is 10.0 Å². The van der Waals surface area contributed by atoms with Crippen molar-refractivity contribution in [2.45, 2.75) is 56.8 Å². The van der Waals surface area contributed by atoms with Crippen LogP contribution in [0.25, 0.3) is 0 Å². The first-order valence-corrected chi connectivity index (χ1v) is 11.5. The van der Waals surface area contributed by atoms with Gasteiger partial charge < -0.3 is 4.74 Å². The first kappa shape index (κ1) is 22.6. The molecule has 0 aromatic heterocycles. The third-order valence-electron chi connectivity index (χ3n) is 5.62. The van der Waals surface area contributed by atoms with Gasteiger partial charge in [0.25, 0.3) is 0 Å². The second-order valence-corrected chi connectivity index (χ2v) is 9.72. The van der Waals surface area contributed by atoms with Crippen molar-refractivity contribution in [1.82, 2.24) is 4.72 Å². The predicted molar refractivity (Wildman–Crippen MR) is 108 cm³/mol. The largest absolute Gasteiger partial charge is 0.573 e. The Bertz CT molecular complexity index is 958. The Balaban J connectivity index is 1.88. The van der Waals surface area contributed by atoms with E-state index in [0.717, 1.165) is 61.1 Å². The highest BCUT2D eigenvalue weighted by Gasteiger charge is 2.33. The molecule has 0 amide bonds. The molecule has 4 nitrogen and oxygen atoms in total. The summed E-state index contributed by atoms with van der Waals surface area (Å²) in [5.74, 6) is 0.203. The smallest absolute Gasteiger partial charge is 0.406 e. The summed E-state index contributed by atoms with van der Waals surface area (Å²) in [4.78, 5) is -0.0977. The highest BCUT2D eigenvalue weighted by atomic mass is 32.2. The standard InChI is InChI=1S/C22H26F3NO3S/c1-15-6-5-8-17(14-15)21(20-9-4-3-7-16(20)2)26-30(27,28)19-12-10-18(11-13-19)29-22(23,24)25/h3-4,7,9-13,15,17,21,26H,5-6,8,14H2,1-2H3/t15?,17?,21-/m1/s1. The van der Waals surface area contributed by atoms with Gasteiger partial charge >= 0.3 is 6.36 Å². The zero-order valence-electron chi connectivity index (χ0n) is 16.9. The maximum atomic E-state index is 13.1. The van der Waals surface area contributed by atoms with E-state index in [0.29, 0.717) is 5.92 Å². The van der Waals surface area contributed by atoms with Crippen molar-refractivity contribution in [3.05, 3.63) is 59.7 Å². The summed E-state index contributed by atoms with van der Waals surface area (Å²) in [6, 6.07) is 11.6. The van der Waals surface area contributed by atoms with Crippen molar-refractivity contribution < 1.29 is 26.3 Å². The number of halogens is 3. The number of hydrogen-bond acceptors (Lipinski definition) is 3. The predicted octanol–water partition coefficient (Wildman–Crippen LogP) is 5.74. The average Bonchev–Trinajstić information content (AvgIpc) is 2.66. The summed E-state index contributed by atoms with van der Waals surface area (Å²) >= 11 is 0. The molecule has 164 valence electrons. The van der Waals surface area contributed by atoms with Gasteiger partial charge in [0.05, 0.1) is 10.9 Å². The normalized spacial score (nSPS) is 21.2. The van der Waals surface area contributed by atoms with Gasteiger partial charge in [0.1, 0.15) is 5.75 Å². The second-order valence-electron chi connectivity index (χ2n) is 8.01. The summed E-state index contributed by atoms with van der Waals surface area (Å²) in [5.41, 5.74) is 1.93. The van der Waals surface area contributed by atoms with Crippen molar-refractivity contribution in [2.24, 2.45) is 11.8 Å². The minimum absolute atomic E-state index is 0.0977. The van der Waals surface area contributed by atoms with E-state index in [1.807, 2.05) is 31.2 Å². The van der Waals surface area contributed by atoms with Gasteiger partial charge in [-0.25, -0.2) is 13.1 Å². The summed E-state index contributed by atoms with van der Waals surface area (Å²) in [7, 11) is -3.94. The van der Waals surface area contributed by atoms with Crippen LogP contribution in [0, 0.1) is 18.8 Å². The van der Waals surface area contributed by atoms with Crippen LogP contribution >= 0.6 is 0 Å². The number of ether oxygens (including phenoxy) is 1. The molecule has 0 radical (unpaired) electrons. The molecule has 2 aromatic rings. The number of rotatable bonds is 6. The van der Waals surface area contributed by atoms with E-state index < -0.39 is 28.2 Å². The Kier molecular flexibility index (Phi) is 6.77. The van der Waals surface area contributed by atoms with Gasteiger partial charge in [0.15, 0.2) is 0 Å². The van der Waals surface area contributed by atoms with Gasteiger partial charge in [-0.2, -0.15) is 0 Å². The molecule has 1 saturated carbocycles. The van der Waals surface area contributed by atoms with E-state index in [9.17, 15) is 21.6 Å². The van der Waals surface area contributed by atoms with Crippen molar-refractivity contribution in [3.63, 3.8) is 0 Å². The molecule has 0 bridgehead atoms. The van der Waals surface area contributed by atoms with E-state index in [2.05, 4.69) is 16.4 Å². The van der Waals surface area contributed by atoms with E-state index in [-0.39, 0.29) is 10.8 Å². The number of aryl methyl sites for hydroxylation is 1. The quantitative estimate of drug-likeness (QED) is 0.622. The molecular weight excluding hydrogens is 415 g/mol. The van der Waals surface area contributed by atoms with Crippen LogP contribution in [-0.2, 0) is 10.0 Å². The van der Waals surface area contributed by atoms with Crippen LogP contribution in [-0.4, -0.2) is 14.8 Å². The fraction of sp³-hybridized carbons (Fsp3) is 0.455. The van der Waals surface area contributed by atoms with Crippen LogP contribution < -0.4 is 9.46 Å². The summed E-state index contributed by atoms with van der Waals surface area (Å²) in [5, 5.41) is 0. The van der Waals surface area contributed by atoms with Crippen LogP contribution in [0.2, 0.25) is 0 Å². The maximum Gasteiger partial charge on any atom is 0.573 e. The van der Waals surface area contributed by atoms with E-state index in [1.54, 1.807) is 0 Å². The first-order valence-electron chi connectivity index (χ1n) is 9.99. The van der Waals surface area contributed by atoms with Gasteiger partial charge in [-0.15, -0.1) is 13.2 Å². The van der Waals surface area contributed by atoms with Gasteiger partial charge in [0, 0.05) is 0 Å². The molecule has 1 aliphatic rings. The van der Waals surface area contributed by atoms with Crippen LogP contribution in [0.4, 0.5) is 13.2 Å². The first-order chi connectivity index (χ1) is 14.0. The molecule has 1 aliphatic carbocycles. The Morgan fingerprint density at radius 2 is 1.73 bits per heavy atom. The SMILES string of the molecule is Cc1ccccc1[C@H](NS(=O)(=O)c1ccc(OC(F)(F)F)cc1)C1CCCC(C)C1. The summed E-state index contributed by atoms with van der Waals surface area (Å²) in [6.07, 6.45) is -0.819. The van der Waals surface area contributed by atoms with Crippen LogP contribution in [0.15, 0.2) is 53.4 Å². The zero-order valence-corrected chi connectivity index (χ0v) is 17.8. The van der Waals surface area contributed by atoms with Crippen LogP contribution in [0.5, 0.6) is 5.75 Å². The minimum atomic E-state index is -4.83. The van der Waals surface area contributed by atoms with E-state index >= 15 is 0 Å². The Morgan fingerprint density at radius 3 is 2.33 bits per heavy atom. The lowest BCUT2D eigenvalue weighted by Gasteiger charge is -2.34. The fourth-order valence-electron chi connectivity index (χ4n) is 4.19. The van der Waals surface area contributed by atoms with E-state index in [4.69, 9.17) is 0 Å². The van der Waals surface area contributed by atoms with Crippen molar-refractivity contribution in [1.29, 1.82) is 0 Å². The van der Waals surface area contributed by atoms with Gasteiger partial charge in [-0.1, -0.05) is 44.0 Å². The fourth-order valence-corrected chi connectivity index (χ4v) is 5.47. The van der Waals surface area contributed by atoms with Gasteiger partial charge in [-0.05, 0) is 67.0 Å². The maximum absolute atomic E-state index is 13.1. The third kappa shape index (κ3) is 5.76. The molecule has 1 N–H and O–H groups in total. The summed E-state index contributed by atoms with van der Waals surface area (Å²) in [6.45, 7) is 4.13. The Morgan fingerprint density at radius 1 is 1.07 bits per heavy atom. The van der Waals surface area contributed by atoms with Crippen molar-refractivity contribution in [3.8, 4) is 5.75 Å². The Hall–Kier alpha value is -2.06. The molecule has 0 heterocycles. The molecule has 1 fully saturated rings. The minimum Gasteiger partial charge on any atom is -0.406 e. The number of nitrogens with one attached hydrogen (secondary N) is 1. The number of sulfonamides is 1. The third-order valence-corrected chi connectivity index (χ3v) is 7.08. The Labute approximate surface area is 175 Å². The number of benzene rings is 2. The molecule has 8 heteroatoms. The lowest BCUT2D eigenvalue weighted by molar-refractivity contribution is -0.274. The average molecular weight is 442 g/mol.